The molecule has 3 heterocycles. The average molecular weight is 468 g/mol. The third-order valence-corrected chi connectivity index (χ3v) is 6.62. The smallest absolute Gasteiger partial charge is 0.246 e. The molecule has 154 valence electrons. The number of rotatable bonds is 4. The lowest BCUT2D eigenvalue weighted by atomic mass is 9.86. The summed E-state index contributed by atoms with van der Waals surface area (Å²) < 4.78 is 6.11. The predicted molar refractivity (Wildman–Crippen MR) is 117 cm³/mol. The van der Waals surface area contributed by atoms with Gasteiger partial charge in [-0.2, -0.15) is 0 Å². The summed E-state index contributed by atoms with van der Waals surface area (Å²) in [6, 6.07) is 15.3. The van der Waals surface area contributed by atoms with Gasteiger partial charge in [0.25, 0.3) is 0 Å². The van der Waals surface area contributed by atoms with Gasteiger partial charge in [-0.1, -0.05) is 46.3 Å². The molecule has 2 aliphatic heterocycles. The first-order chi connectivity index (χ1) is 14.6. The molecular formula is C23H22BrN3O3. The Balaban J connectivity index is 1.66. The lowest BCUT2D eigenvalue weighted by Gasteiger charge is -2.47. The fourth-order valence-corrected chi connectivity index (χ4v) is 4.97. The lowest BCUT2D eigenvalue weighted by Crippen LogP contribution is -2.63. The van der Waals surface area contributed by atoms with E-state index in [4.69, 9.17) is 4.74 Å². The van der Waals surface area contributed by atoms with Crippen LogP contribution in [-0.2, 0) is 20.7 Å². The van der Waals surface area contributed by atoms with E-state index in [9.17, 15) is 9.59 Å². The van der Waals surface area contributed by atoms with Crippen LogP contribution in [0.2, 0.25) is 0 Å². The fraction of sp³-hybridized carbons (Fsp3) is 0.304. The Morgan fingerprint density at radius 1 is 1.13 bits per heavy atom. The van der Waals surface area contributed by atoms with Gasteiger partial charge in [0.2, 0.25) is 11.8 Å². The van der Waals surface area contributed by atoms with Crippen LogP contribution in [0.1, 0.15) is 22.9 Å². The molecule has 7 heteroatoms. The SMILES string of the molecule is COCCN1CC(=O)N2[C@H](c3ccc(Br)cc3)c3[nH]c4ccccc4c3C[C@H]2C1=O. The Hall–Kier alpha value is -2.64. The van der Waals surface area contributed by atoms with Crippen molar-refractivity contribution in [3.63, 3.8) is 0 Å². The van der Waals surface area contributed by atoms with Crippen molar-refractivity contribution in [1.29, 1.82) is 0 Å². The molecule has 0 aliphatic carbocycles. The molecule has 0 saturated carbocycles. The number of carbonyl (C=O) groups excluding carboxylic acids is 2. The highest BCUT2D eigenvalue weighted by molar-refractivity contribution is 9.10. The molecule has 2 atom stereocenters. The van der Waals surface area contributed by atoms with Crippen molar-refractivity contribution in [3.8, 4) is 0 Å². The number of benzene rings is 2. The van der Waals surface area contributed by atoms with Crippen molar-refractivity contribution < 1.29 is 14.3 Å². The number of amides is 2. The number of carbonyl (C=O) groups is 2. The molecule has 0 unspecified atom stereocenters. The Morgan fingerprint density at radius 2 is 1.90 bits per heavy atom. The summed E-state index contributed by atoms with van der Waals surface area (Å²) in [5, 5.41) is 1.11. The number of ether oxygens (including phenoxy) is 1. The zero-order chi connectivity index (χ0) is 20.8. The third-order valence-electron chi connectivity index (χ3n) is 6.09. The standard InChI is InChI=1S/C23H22BrN3O3/c1-30-11-10-26-13-20(28)27-19(23(26)29)12-17-16-4-2-3-5-18(16)25-21(17)22(27)14-6-8-15(24)9-7-14/h2-9,19,22,25H,10-13H2,1H3/t19-,22+/m0/s1. The van der Waals surface area contributed by atoms with Gasteiger partial charge in [-0.25, -0.2) is 0 Å². The second-order valence-corrected chi connectivity index (χ2v) is 8.71. The summed E-state index contributed by atoms with van der Waals surface area (Å²) in [5.41, 5.74) is 4.14. The van der Waals surface area contributed by atoms with Gasteiger partial charge in [0, 0.05) is 41.1 Å². The lowest BCUT2D eigenvalue weighted by molar-refractivity contribution is -0.159. The van der Waals surface area contributed by atoms with Gasteiger partial charge in [-0.3, -0.25) is 9.59 Å². The van der Waals surface area contributed by atoms with Gasteiger partial charge in [0.15, 0.2) is 0 Å². The number of methoxy groups -OCH3 is 1. The first-order valence-corrected chi connectivity index (χ1v) is 10.8. The number of fused-ring (bicyclic) bond motifs is 4. The van der Waals surface area contributed by atoms with Crippen LogP contribution in [0.25, 0.3) is 10.9 Å². The number of aromatic nitrogens is 1. The maximum Gasteiger partial charge on any atom is 0.246 e. The number of nitrogens with zero attached hydrogens (tertiary/aromatic N) is 2. The van der Waals surface area contributed by atoms with Gasteiger partial charge in [0.1, 0.15) is 6.04 Å². The minimum atomic E-state index is -0.511. The summed E-state index contributed by atoms with van der Waals surface area (Å²) in [5.74, 6) is -0.0439. The van der Waals surface area contributed by atoms with Crippen LogP contribution in [-0.4, -0.2) is 59.4 Å². The number of H-pyrrole nitrogens is 1. The van der Waals surface area contributed by atoms with E-state index < -0.39 is 6.04 Å². The van der Waals surface area contributed by atoms with Crippen LogP contribution in [0.4, 0.5) is 0 Å². The largest absolute Gasteiger partial charge is 0.383 e. The maximum atomic E-state index is 13.4. The molecule has 0 bridgehead atoms. The summed E-state index contributed by atoms with van der Waals surface area (Å²) in [7, 11) is 1.60. The van der Waals surface area contributed by atoms with E-state index >= 15 is 0 Å². The number of halogens is 1. The van der Waals surface area contributed by atoms with Crippen molar-refractivity contribution >= 4 is 38.6 Å². The van der Waals surface area contributed by atoms with Crippen LogP contribution in [0.3, 0.4) is 0 Å². The Kier molecular flexibility index (Phi) is 4.87. The van der Waals surface area contributed by atoms with Gasteiger partial charge >= 0.3 is 0 Å². The van der Waals surface area contributed by atoms with E-state index in [0.29, 0.717) is 19.6 Å². The van der Waals surface area contributed by atoms with E-state index in [0.717, 1.165) is 32.2 Å². The molecule has 0 spiro atoms. The van der Waals surface area contributed by atoms with Crippen LogP contribution in [0.5, 0.6) is 0 Å². The van der Waals surface area contributed by atoms with Crippen molar-refractivity contribution in [3.05, 3.63) is 69.8 Å². The molecule has 6 nitrogen and oxygen atoms in total. The highest BCUT2D eigenvalue weighted by Crippen LogP contribution is 2.42. The van der Waals surface area contributed by atoms with Crippen molar-refractivity contribution in [2.24, 2.45) is 0 Å². The molecule has 1 saturated heterocycles. The first kappa shape index (κ1) is 19.3. The van der Waals surface area contributed by atoms with Crippen molar-refractivity contribution in [1.82, 2.24) is 14.8 Å². The zero-order valence-electron chi connectivity index (χ0n) is 16.6. The quantitative estimate of drug-likeness (QED) is 0.640. The van der Waals surface area contributed by atoms with Crippen LogP contribution < -0.4 is 0 Å². The molecule has 1 fully saturated rings. The highest BCUT2D eigenvalue weighted by atomic mass is 79.9. The molecule has 1 N–H and O–H groups in total. The molecule has 0 radical (unpaired) electrons. The first-order valence-electron chi connectivity index (χ1n) is 10.0. The second kappa shape index (κ2) is 7.56. The number of nitrogens with one attached hydrogen (secondary N) is 1. The summed E-state index contributed by atoms with van der Waals surface area (Å²) in [6.07, 6.45) is 0.514. The summed E-state index contributed by atoms with van der Waals surface area (Å²) in [6.45, 7) is 0.927. The Labute approximate surface area is 182 Å². The van der Waals surface area contributed by atoms with Crippen LogP contribution in [0, 0.1) is 0 Å². The van der Waals surface area contributed by atoms with E-state index in [1.807, 2.05) is 42.5 Å². The average Bonchev–Trinajstić information content (AvgIpc) is 3.13. The zero-order valence-corrected chi connectivity index (χ0v) is 18.2. The Morgan fingerprint density at radius 3 is 2.67 bits per heavy atom. The number of hydrogen-bond acceptors (Lipinski definition) is 3. The topological polar surface area (TPSA) is 65.6 Å². The van der Waals surface area contributed by atoms with Gasteiger partial charge < -0.3 is 19.5 Å². The van der Waals surface area contributed by atoms with Crippen molar-refractivity contribution in [2.75, 3.05) is 26.8 Å². The molecule has 1 aromatic heterocycles. The fourth-order valence-electron chi connectivity index (χ4n) is 4.71. The molecule has 2 aromatic carbocycles. The van der Waals surface area contributed by atoms with Gasteiger partial charge in [-0.15, -0.1) is 0 Å². The van der Waals surface area contributed by atoms with Gasteiger partial charge in [0.05, 0.1) is 19.2 Å². The normalized spacial score (nSPS) is 21.1. The molecular weight excluding hydrogens is 446 g/mol. The summed E-state index contributed by atoms with van der Waals surface area (Å²) in [4.78, 5) is 33.6. The molecule has 30 heavy (non-hydrogen) atoms. The highest BCUT2D eigenvalue weighted by Gasteiger charge is 2.48. The third kappa shape index (κ3) is 3.04. The Bertz CT molecular complexity index is 1120. The number of aromatic amines is 1. The van der Waals surface area contributed by atoms with Crippen LogP contribution >= 0.6 is 15.9 Å². The predicted octanol–water partition coefficient (Wildman–Crippen LogP) is 3.26. The molecule has 5 rings (SSSR count). The van der Waals surface area contributed by atoms with E-state index in [2.05, 4.69) is 27.0 Å². The van der Waals surface area contributed by atoms with Crippen LogP contribution in [0.15, 0.2) is 53.0 Å². The number of piperazine rings is 1. The molecule has 2 amide bonds. The van der Waals surface area contributed by atoms with E-state index in [1.165, 1.54) is 0 Å². The van der Waals surface area contributed by atoms with E-state index in [-0.39, 0.29) is 24.4 Å². The van der Waals surface area contributed by atoms with Crippen molar-refractivity contribution in [2.45, 2.75) is 18.5 Å². The molecule has 3 aromatic rings. The van der Waals surface area contributed by atoms with Gasteiger partial charge in [-0.05, 0) is 29.3 Å². The summed E-state index contributed by atoms with van der Waals surface area (Å²) >= 11 is 3.49. The minimum absolute atomic E-state index is 0.00954. The second-order valence-electron chi connectivity index (χ2n) is 7.79. The monoisotopic (exact) mass is 467 g/mol. The number of hydrogen-bond donors (Lipinski definition) is 1. The maximum absolute atomic E-state index is 13.4. The number of para-hydroxylation sites is 1. The molecule has 2 aliphatic rings. The van der Waals surface area contributed by atoms with E-state index in [1.54, 1.807) is 16.9 Å². The minimum Gasteiger partial charge on any atom is -0.383 e.